The number of amides is 1. The number of nitrogens with one attached hydrogen (secondary N) is 1. The van der Waals surface area contributed by atoms with E-state index in [0.717, 1.165) is 36.2 Å². The number of anilines is 1. The molecule has 0 bridgehead atoms. The zero-order valence-corrected chi connectivity index (χ0v) is 18.0. The molecule has 2 aromatic carbocycles. The van der Waals surface area contributed by atoms with E-state index in [4.69, 9.17) is 27.9 Å². The first kappa shape index (κ1) is 21.0. The Morgan fingerprint density at radius 3 is 2.68 bits per heavy atom. The quantitative estimate of drug-likeness (QED) is 0.473. The van der Waals surface area contributed by atoms with Crippen molar-refractivity contribution < 1.29 is 9.53 Å². The van der Waals surface area contributed by atoms with Crippen LogP contribution in [0.2, 0.25) is 10.0 Å². The lowest BCUT2D eigenvalue weighted by atomic mass is 9.94. The molecule has 3 rings (SSSR count). The van der Waals surface area contributed by atoms with Gasteiger partial charge < -0.3 is 15.0 Å². The van der Waals surface area contributed by atoms with Crippen molar-refractivity contribution in [3.05, 3.63) is 57.6 Å². The number of halogens is 2. The number of ether oxygens (including phenoxy) is 1. The molecule has 0 saturated carbocycles. The molecule has 0 spiro atoms. The molecule has 6 heteroatoms. The third-order valence-electron chi connectivity index (χ3n) is 5.21. The van der Waals surface area contributed by atoms with Crippen LogP contribution >= 0.6 is 23.2 Å². The average molecular weight is 421 g/mol. The monoisotopic (exact) mass is 420 g/mol. The van der Waals surface area contributed by atoms with Gasteiger partial charge in [0.1, 0.15) is 5.75 Å². The van der Waals surface area contributed by atoms with E-state index in [1.165, 1.54) is 0 Å². The van der Waals surface area contributed by atoms with Crippen LogP contribution in [0.15, 0.2) is 36.4 Å². The Labute approximate surface area is 176 Å². The first-order valence-corrected chi connectivity index (χ1v) is 10.4. The number of aryl methyl sites for hydroxylation is 1. The summed E-state index contributed by atoms with van der Waals surface area (Å²) in [6, 6.07) is 11.0. The molecule has 1 heterocycles. The topological polar surface area (TPSA) is 41.6 Å². The Kier molecular flexibility index (Phi) is 6.86. The predicted molar refractivity (Wildman–Crippen MR) is 116 cm³/mol. The molecule has 0 radical (unpaired) electrons. The van der Waals surface area contributed by atoms with E-state index in [1.807, 2.05) is 24.0 Å². The molecule has 1 amide bonds. The van der Waals surface area contributed by atoms with Crippen molar-refractivity contribution in [3.8, 4) is 5.75 Å². The van der Waals surface area contributed by atoms with Crippen LogP contribution in [0, 0.1) is 13.8 Å². The normalized spacial score (nSPS) is 18.9. The lowest BCUT2D eigenvalue weighted by Crippen LogP contribution is -2.70. The maximum atomic E-state index is 13.0. The van der Waals surface area contributed by atoms with E-state index >= 15 is 0 Å². The zero-order valence-electron chi connectivity index (χ0n) is 16.5. The van der Waals surface area contributed by atoms with Gasteiger partial charge in [0, 0.05) is 17.3 Å². The molecule has 0 aliphatic carbocycles. The summed E-state index contributed by atoms with van der Waals surface area (Å²) in [7, 11) is 0. The number of hydrogen-bond acceptors (Lipinski definition) is 3. The van der Waals surface area contributed by atoms with E-state index in [9.17, 15) is 4.79 Å². The van der Waals surface area contributed by atoms with Gasteiger partial charge in [-0.1, -0.05) is 48.7 Å². The molecular weight excluding hydrogens is 395 g/mol. The molecule has 28 heavy (non-hydrogen) atoms. The molecule has 1 N–H and O–H groups in total. The average Bonchev–Trinajstić information content (AvgIpc) is 2.66. The Morgan fingerprint density at radius 2 is 1.96 bits per heavy atom. The molecule has 2 aromatic rings. The van der Waals surface area contributed by atoms with E-state index < -0.39 is 6.10 Å². The van der Waals surface area contributed by atoms with Crippen molar-refractivity contribution >= 4 is 34.8 Å². The summed E-state index contributed by atoms with van der Waals surface area (Å²) in [5.74, 6) is 0.422. The number of benzene rings is 2. The lowest BCUT2D eigenvalue weighted by molar-refractivity contribution is -0.134. The number of carbonyl (C=O) groups is 1. The SMILES string of the molecule is CCCCNCC1C(Oc2ccc(Cl)cc2Cl)C(=O)N1c1cccc(C)c1C. The fourth-order valence-electron chi connectivity index (χ4n) is 3.40. The maximum absolute atomic E-state index is 13.0. The van der Waals surface area contributed by atoms with Gasteiger partial charge in [-0.3, -0.25) is 4.79 Å². The van der Waals surface area contributed by atoms with E-state index in [0.29, 0.717) is 22.3 Å². The molecule has 1 aliphatic rings. The van der Waals surface area contributed by atoms with Gasteiger partial charge in [-0.2, -0.15) is 0 Å². The molecule has 150 valence electrons. The number of hydrogen-bond donors (Lipinski definition) is 1. The zero-order chi connectivity index (χ0) is 20.3. The minimum absolute atomic E-state index is 0.0537. The summed E-state index contributed by atoms with van der Waals surface area (Å²) in [5, 5.41) is 4.39. The van der Waals surface area contributed by atoms with Crippen molar-refractivity contribution in [2.24, 2.45) is 0 Å². The first-order valence-electron chi connectivity index (χ1n) is 9.65. The van der Waals surface area contributed by atoms with Gasteiger partial charge in [-0.05, 0) is 62.2 Å². The fourth-order valence-corrected chi connectivity index (χ4v) is 3.85. The standard InChI is InChI=1S/C22H26Cl2N2O2/c1-4-5-11-25-13-19-21(28-20-10-9-16(23)12-17(20)24)22(27)26(19)18-8-6-7-14(2)15(18)3/h6-10,12,19,21,25H,4-5,11,13H2,1-3H3. The number of carbonyl (C=O) groups excluding carboxylic acids is 1. The lowest BCUT2D eigenvalue weighted by Gasteiger charge is -2.47. The minimum Gasteiger partial charge on any atom is -0.477 e. The molecule has 1 saturated heterocycles. The minimum atomic E-state index is -0.576. The van der Waals surface area contributed by atoms with Gasteiger partial charge in [0.2, 0.25) is 0 Å². The first-order chi connectivity index (χ1) is 13.4. The molecule has 2 atom stereocenters. The molecule has 1 aliphatic heterocycles. The van der Waals surface area contributed by atoms with Crippen LogP contribution in [0.1, 0.15) is 30.9 Å². The molecular formula is C22H26Cl2N2O2. The van der Waals surface area contributed by atoms with Crippen molar-refractivity contribution in [1.29, 1.82) is 0 Å². The van der Waals surface area contributed by atoms with Gasteiger partial charge in [0.05, 0.1) is 11.1 Å². The summed E-state index contributed by atoms with van der Waals surface area (Å²) in [6.07, 6.45) is 1.64. The summed E-state index contributed by atoms with van der Waals surface area (Å²) >= 11 is 12.2. The Morgan fingerprint density at radius 1 is 1.18 bits per heavy atom. The third kappa shape index (κ3) is 4.29. The van der Waals surface area contributed by atoms with Crippen molar-refractivity contribution in [3.63, 3.8) is 0 Å². The van der Waals surface area contributed by atoms with Gasteiger partial charge in [-0.15, -0.1) is 0 Å². The summed E-state index contributed by atoms with van der Waals surface area (Å²) in [4.78, 5) is 14.9. The van der Waals surface area contributed by atoms with E-state index in [-0.39, 0.29) is 11.9 Å². The van der Waals surface area contributed by atoms with Gasteiger partial charge in [-0.25, -0.2) is 0 Å². The number of rotatable bonds is 8. The smallest absolute Gasteiger partial charge is 0.270 e. The summed E-state index contributed by atoms with van der Waals surface area (Å²) < 4.78 is 6.02. The van der Waals surface area contributed by atoms with Gasteiger partial charge in [0.15, 0.2) is 6.10 Å². The number of nitrogens with zero attached hydrogens (tertiary/aromatic N) is 1. The Hall–Kier alpha value is -1.75. The van der Waals surface area contributed by atoms with Gasteiger partial charge in [0.25, 0.3) is 5.91 Å². The molecule has 2 unspecified atom stereocenters. The van der Waals surface area contributed by atoms with Crippen LogP contribution in [0.3, 0.4) is 0 Å². The van der Waals surface area contributed by atoms with Crippen LogP contribution in [-0.2, 0) is 4.79 Å². The fraction of sp³-hybridized carbons (Fsp3) is 0.409. The van der Waals surface area contributed by atoms with Crippen LogP contribution in [-0.4, -0.2) is 31.1 Å². The van der Waals surface area contributed by atoms with Crippen LogP contribution in [0.25, 0.3) is 0 Å². The molecule has 0 aromatic heterocycles. The second-order valence-electron chi connectivity index (χ2n) is 7.17. The summed E-state index contributed by atoms with van der Waals surface area (Å²) in [6.45, 7) is 7.83. The highest BCUT2D eigenvalue weighted by molar-refractivity contribution is 6.35. The number of β-lactam (4-membered cyclic amide) rings is 1. The second kappa shape index (κ2) is 9.17. The van der Waals surface area contributed by atoms with Crippen LogP contribution < -0.4 is 15.0 Å². The van der Waals surface area contributed by atoms with Crippen LogP contribution in [0.4, 0.5) is 5.69 Å². The third-order valence-corrected chi connectivity index (χ3v) is 5.74. The highest BCUT2D eigenvalue weighted by atomic mass is 35.5. The van der Waals surface area contributed by atoms with Crippen molar-refractivity contribution in [2.75, 3.05) is 18.0 Å². The number of unbranched alkanes of at least 4 members (excludes halogenated alkanes) is 1. The van der Waals surface area contributed by atoms with Gasteiger partial charge >= 0.3 is 0 Å². The summed E-state index contributed by atoms with van der Waals surface area (Å²) in [5.41, 5.74) is 3.21. The predicted octanol–water partition coefficient (Wildman–Crippen LogP) is 5.16. The van der Waals surface area contributed by atoms with Crippen LogP contribution in [0.5, 0.6) is 5.75 Å². The molecule has 1 fully saturated rings. The molecule has 4 nitrogen and oxygen atoms in total. The highest BCUT2D eigenvalue weighted by Crippen LogP contribution is 2.36. The Bertz CT molecular complexity index is 856. The highest BCUT2D eigenvalue weighted by Gasteiger charge is 2.50. The Balaban J connectivity index is 1.82. The largest absolute Gasteiger partial charge is 0.477 e. The second-order valence-corrected chi connectivity index (χ2v) is 8.01. The van der Waals surface area contributed by atoms with E-state index in [1.54, 1.807) is 18.2 Å². The maximum Gasteiger partial charge on any atom is 0.270 e. The van der Waals surface area contributed by atoms with E-state index in [2.05, 4.69) is 25.2 Å². The van der Waals surface area contributed by atoms with Crippen molar-refractivity contribution in [1.82, 2.24) is 5.32 Å². The van der Waals surface area contributed by atoms with Crippen molar-refractivity contribution in [2.45, 2.75) is 45.8 Å².